The molecule has 1 aromatic rings. The first-order chi connectivity index (χ1) is 8.63. The summed E-state index contributed by atoms with van der Waals surface area (Å²) < 4.78 is 1.95. The number of aryl methyl sites for hydroxylation is 2. The van der Waals surface area contributed by atoms with Crippen molar-refractivity contribution in [2.45, 2.75) is 52.0 Å². The van der Waals surface area contributed by atoms with Gasteiger partial charge in [0, 0.05) is 13.1 Å². The minimum atomic E-state index is 0.648. The molecule has 4 heteroatoms. The molecular formula is C14H24ClN3. The van der Waals surface area contributed by atoms with E-state index in [1.54, 1.807) is 0 Å². The second-order valence-electron chi connectivity index (χ2n) is 5.38. The number of nitrogens with one attached hydrogen (secondary N) is 1. The summed E-state index contributed by atoms with van der Waals surface area (Å²) in [5.41, 5.74) is 2.15. The third-order valence-corrected chi connectivity index (χ3v) is 4.58. The van der Waals surface area contributed by atoms with Gasteiger partial charge in [-0.3, -0.25) is 4.68 Å². The van der Waals surface area contributed by atoms with Crippen LogP contribution in [0.5, 0.6) is 0 Å². The predicted octanol–water partition coefficient (Wildman–Crippen LogP) is 3.09. The van der Waals surface area contributed by atoms with Gasteiger partial charge in [0.2, 0.25) is 0 Å². The maximum atomic E-state index is 6.35. The molecule has 1 aliphatic rings. The van der Waals surface area contributed by atoms with E-state index in [2.05, 4.69) is 17.3 Å². The van der Waals surface area contributed by atoms with Gasteiger partial charge in [-0.05, 0) is 38.6 Å². The van der Waals surface area contributed by atoms with E-state index in [0.717, 1.165) is 23.7 Å². The van der Waals surface area contributed by atoms with Crippen molar-refractivity contribution in [1.82, 2.24) is 15.1 Å². The fourth-order valence-corrected chi connectivity index (χ4v) is 3.37. The molecule has 0 amide bonds. The Bertz CT molecular complexity index is 398. The highest BCUT2D eigenvalue weighted by atomic mass is 35.5. The average Bonchev–Trinajstić information content (AvgIpc) is 2.59. The lowest BCUT2D eigenvalue weighted by atomic mass is 9.81. The van der Waals surface area contributed by atoms with E-state index in [4.69, 9.17) is 11.6 Å². The van der Waals surface area contributed by atoms with Crippen LogP contribution in [0.25, 0.3) is 0 Å². The molecule has 2 rings (SSSR count). The zero-order chi connectivity index (χ0) is 13.1. The molecule has 3 nitrogen and oxygen atoms in total. The molecule has 2 unspecified atom stereocenters. The van der Waals surface area contributed by atoms with Gasteiger partial charge in [0.25, 0.3) is 0 Å². The van der Waals surface area contributed by atoms with Crippen LogP contribution in [0.2, 0.25) is 5.02 Å². The molecule has 1 fully saturated rings. The lowest BCUT2D eigenvalue weighted by molar-refractivity contribution is 0.261. The first kappa shape index (κ1) is 13.9. The molecule has 18 heavy (non-hydrogen) atoms. The van der Waals surface area contributed by atoms with E-state index in [1.165, 1.54) is 31.4 Å². The summed E-state index contributed by atoms with van der Waals surface area (Å²) in [6.07, 6.45) is 6.35. The minimum absolute atomic E-state index is 0.648. The van der Waals surface area contributed by atoms with Crippen molar-refractivity contribution < 1.29 is 0 Å². The largest absolute Gasteiger partial charge is 0.314 e. The van der Waals surface area contributed by atoms with Crippen LogP contribution in [-0.4, -0.2) is 22.4 Å². The van der Waals surface area contributed by atoms with Crippen LogP contribution in [0.4, 0.5) is 0 Å². The highest BCUT2D eigenvalue weighted by Gasteiger charge is 2.26. The minimum Gasteiger partial charge on any atom is -0.314 e. The molecule has 0 spiro atoms. The topological polar surface area (TPSA) is 29.9 Å². The normalized spacial score (nSPS) is 24.4. The number of rotatable bonds is 4. The molecular weight excluding hydrogens is 246 g/mol. The van der Waals surface area contributed by atoms with E-state index in [-0.39, 0.29) is 0 Å². The van der Waals surface area contributed by atoms with Gasteiger partial charge in [-0.2, -0.15) is 5.10 Å². The maximum absolute atomic E-state index is 6.35. The Balaban J connectivity index is 2.10. The number of hydrogen-bond acceptors (Lipinski definition) is 2. The standard InChI is InChI=1S/C14H24ClN3/c1-4-16-12-8-6-5-7-11(12)9-13-14(15)10(2)17-18(13)3/h11-12,16H,4-9H2,1-3H3. The van der Waals surface area contributed by atoms with Crippen LogP contribution in [-0.2, 0) is 13.5 Å². The summed E-state index contributed by atoms with van der Waals surface area (Å²) in [5, 5.41) is 8.90. The van der Waals surface area contributed by atoms with E-state index in [9.17, 15) is 0 Å². The first-order valence-electron chi connectivity index (χ1n) is 7.04. The molecule has 1 heterocycles. The molecule has 1 saturated carbocycles. The third kappa shape index (κ3) is 2.89. The first-order valence-corrected chi connectivity index (χ1v) is 7.42. The monoisotopic (exact) mass is 269 g/mol. The van der Waals surface area contributed by atoms with E-state index in [0.29, 0.717) is 12.0 Å². The van der Waals surface area contributed by atoms with Gasteiger partial charge in [0.1, 0.15) is 0 Å². The third-order valence-electron chi connectivity index (χ3n) is 4.09. The summed E-state index contributed by atoms with van der Waals surface area (Å²) in [7, 11) is 2.00. The van der Waals surface area contributed by atoms with Crippen molar-refractivity contribution in [2.24, 2.45) is 13.0 Å². The van der Waals surface area contributed by atoms with Gasteiger partial charge in [-0.25, -0.2) is 0 Å². The zero-order valence-corrected chi connectivity index (χ0v) is 12.4. The summed E-state index contributed by atoms with van der Waals surface area (Å²) >= 11 is 6.35. The molecule has 1 N–H and O–H groups in total. The van der Waals surface area contributed by atoms with Crippen LogP contribution >= 0.6 is 11.6 Å². The van der Waals surface area contributed by atoms with Crippen molar-refractivity contribution in [1.29, 1.82) is 0 Å². The van der Waals surface area contributed by atoms with Crippen LogP contribution in [0.1, 0.15) is 44.0 Å². The predicted molar refractivity (Wildman–Crippen MR) is 76.1 cm³/mol. The molecule has 1 aromatic heterocycles. The Hall–Kier alpha value is -0.540. The van der Waals surface area contributed by atoms with Crippen molar-refractivity contribution in [3.05, 3.63) is 16.4 Å². The van der Waals surface area contributed by atoms with Crippen molar-refractivity contribution in [3.8, 4) is 0 Å². The fraction of sp³-hybridized carbons (Fsp3) is 0.786. The number of nitrogens with zero attached hydrogens (tertiary/aromatic N) is 2. The van der Waals surface area contributed by atoms with E-state index in [1.807, 2.05) is 18.7 Å². The Labute approximate surface area is 115 Å². The molecule has 0 radical (unpaired) electrons. The van der Waals surface area contributed by atoms with Gasteiger partial charge >= 0.3 is 0 Å². The Morgan fingerprint density at radius 3 is 2.72 bits per heavy atom. The van der Waals surface area contributed by atoms with Crippen molar-refractivity contribution in [2.75, 3.05) is 6.54 Å². The lowest BCUT2D eigenvalue weighted by Gasteiger charge is -2.32. The maximum Gasteiger partial charge on any atom is 0.0847 e. The van der Waals surface area contributed by atoms with Gasteiger partial charge in [-0.1, -0.05) is 31.4 Å². The van der Waals surface area contributed by atoms with Gasteiger partial charge in [0.15, 0.2) is 0 Å². The van der Waals surface area contributed by atoms with Gasteiger partial charge in [0.05, 0.1) is 16.4 Å². The van der Waals surface area contributed by atoms with Gasteiger partial charge in [-0.15, -0.1) is 0 Å². The summed E-state index contributed by atoms with van der Waals surface area (Å²) in [6.45, 7) is 5.22. The Morgan fingerprint density at radius 2 is 2.11 bits per heavy atom. The Kier molecular flexibility index (Phi) is 4.68. The van der Waals surface area contributed by atoms with Gasteiger partial charge < -0.3 is 5.32 Å². The van der Waals surface area contributed by atoms with Crippen LogP contribution in [0.15, 0.2) is 0 Å². The SMILES string of the molecule is CCNC1CCCCC1Cc1c(Cl)c(C)nn1C. The van der Waals surface area contributed by atoms with Crippen LogP contribution < -0.4 is 5.32 Å². The molecule has 2 atom stereocenters. The molecule has 0 saturated heterocycles. The summed E-state index contributed by atoms with van der Waals surface area (Å²) in [6, 6.07) is 0.648. The van der Waals surface area contributed by atoms with Crippen LogP contribution in [0.3, 0.4) is 0 Å². The highest BCUT2D eigenvalue weighted by Crippen LogP contribution is 2.30. The number of aromatic nitrogens is 2. The quantitative estimate of drug-likeness (QED) is 0.910. The lowest BCUT2D eigenvalue weighted by Crippen LogP contribution is -2.39. The smallest absolute Gasteiger partial charge is 0.0847 e. The molecule has 0 bridgehead atoms. The van der Waals surface area contributed by atoms with E-state index >= 15 is 0 Å². The second kappa shape index (κ2) is 6.07. The number of halogens is 1. The molecule has 0 aliphatic heterocycles. The summed E-state index contributed by atoms with van der Waals surface area (Å²) in [5.74, 6) is 0.700. The number of hydrogen-bond donors (Lipinski definition) is 1. The molecule has 102 valence electrons. The van der Waals surface area contributed by atoms with Crippen molar-refractivity contribution >= 4 is 11.6 Å². The summed E-state index contributed by atoms with van der Waals surface area (Å²) in [4.78, 5) is 0. The van der Waals surface area contributed by atoms with Crippen LogP contribution in [0, 0.1) is 12.8 Å². The van der Waals surface area contributed by atoms with E-state index < -0.39 is 0 Å². The Morgan fingerprint density at radius 1 is 1.39 bits per heavy atom. The van der Waals surface area contributed by atoms with Crippen molar-refractivity contribution in [3.63, 3.8) is 0 Å². The molecule has 0 aromatic carbocycles. The molecule has 1 aliphatic carbocycles. The second-order valence-corrected chi connectivity index (χ2v) is 5.76. The highest BCUT2D eigenvalue weighted by molar-refractivity contribution is 6.31. The average molecular weight is 270 g/mol. The fourth-order valence-electron chi connectivity index (χ4n) is 3.13. The zero-order valence-electron chi connectivity index (χ0n) is 11.7.